The van der Waals surface area contributed by atoms with E-state index >= 15 is 0 Å². The van der Waals surface area contributed by atoms with Crippen LogP contribution in [0.2, 0.25) is 0 Å². The van der Waals surface area contributed by atoms with Crippen LogP contribution in [0.4, 0.5) is 0 Å². The normalized spacial score (nSPS) is 9.14. The zero-order chi connectivity index (χ0) is 10.8. The first kappa shape index (κ1) is 12.8. The number of carbonyl (C=O) groups excluding carboxylic acids is 1. The zero-order valence-electron chi connectivity index (χ0n) is 9.07. The summed E-state index contributed by atoms with van der Waals surface area (Å²) in [5.74, 6) is 0.204. The Kier molecular flexibility index (Phi) is 7.75. The molecule has 1 rings (SSSR count). The van der Waals surface area contributed by atoms with Gasteiger partial charge in [-0.3, -0.25) is 0 Å². The topological polar surface area (TPSA) is 26.3 Å². The minimum absolute atomic E-state index is 0.204. The molecule has 0 aromatic heterocycles. The van der Waals surface area contributed by atoms with E-state index in [9.17, 15) is 4.79 Å². The fraction of sp³-hybridized carbons (Fsp3) is 0.417. The van der Waals surface area contributed by atoms with Crippen LogP contribution < -0.4 is 0 Å². The quantitative estimate of drug-likeness (QED) is 0.691. The molecule has 0 atom stereocenters. The van der Waals surface area contributed by atoms with Crippen molar-refractivity contribution in [1.82, 2.24) is 0 Å². The van der Waals surface area contributed by atoms with Crippen molar-refractivity contribution in [3.8, 4) is 0 Å². The third kappa shape index (κ3) is 7.50. The average molecular weight is 194 g/mol. The number of carbonyl (C=O) groups is 1. The van der Waals surface area contributed by atoms with E-state index < -0.39 is 0 Å². The van der Waals surface area contributed by atoms with Gasteiger partial charge in [-0.05, 0) is 5.56 Å². The summed E-state index contributed by atoms with van der Waals surface area (Å²) in [7, 11) is 1.70. The molecular weight excluding hydrogens is 176 g/mol. The van der Waals surface area contributed by atoms with E-state index in [4.69, 9.17) is 4.74 Å². The van der Waals surface area contributed by atoms with Gasteiger partial charge in [0, 0.05) is 13.0 Å². The van der Waals surface area contributed by atoms with Gasteiger partial charge in [0.2, 0.25) is 0 Å². The highest BCUT2D eigenvalue weighted by atomic mass is 16.5. The first-order valence-corrected chi connectivity index (χ1v) is 4.68. The van der Waals surface area contributed by atoms with Crippen molar-refractivity contribution in [2.24, 2.45) is 5.92 Å². The molecule has 0 saturated carbocycles. The molecule has 0 radical (unpaired) electrons. The first-order chi connectivity index (χ1) is 6.70. The predicted molar refractivity (Wildman–Crippen MR) is 58.1 cm³/mol. The molecule has 2 nitrogen and oxygen atoms in total. The lowest BCUT2D eigenvalue weighted by atomic mass is 10.2. The Morgan fingerprint density at radius 1 is 1.29 bits per heavy atom. The number of rotatable bonds is 3. The molecular formula is C12H18O2. The summed E-state index contributed by atoms with van der Waals surface area (Å²) >= 11 is 0. The maximum absolute atomic E-state index is 9.50. The van der Waals surface area contributed by atoms with Crippen LogP contribution in [0.15, 0.2) is 30.3 Å². The van der Waals surface area contributed by atoms with Crippen molar-refractivity contribution in [1.29, 1.82) is 0 Å². The number of hydrogen-bond donors (Lipinski definition) is 0. The fourth-order valence-corrected chi connectivity index (χ4v) is 0.741. The van der Waals surface area contributed by atoms with E-state index in [-0.39, 0.29) is 5.92 Å². The zero-order valence-corrected chi connectivity index (χ0v) is 9.07. The SMILES string of the molecule is CC(C)C=O.COCc1ccccc1. The van der Waals surface area contributed by atoms with Crippen LogP contribution in [-0.4, -0.2) is 13.4 Å². The van der Waals surface area contributed by atoms with Crippen molar-refractivity contribution in [3.05, 3.63) is 35.9 Å². The molecule has 0 heterocycles. The van der Waals surface area contributed by atoms with Crippen LogP contribution in [0.1, 0.15) is 19.4 Å². The highest BCUT2D eigenvalue weighted by Crippen LogP contribution is 1.98. The number of ether oxygens (including phenoxy) is 1. The fourth-order valence-electron chi connectivity index (χ4n) is 0.741. The van der Waals surface area contributed by atoms with Crippen LogP contribution in [0.5, 0.6) is 0 Å². The summed E-state index contributed by atoms with van der Waals surface area (Å²) in [4.78, 5) is 9.50. The predicted octanol–water partition coefficient (Wildman–Crippen LogP) is 2.67. The van der Waals surface area contributed by atoms with Gasteiger partial charge in [-0.1, -0.05) is 44.2 Å². The van der Waals surface area contributed by atoms with Crippen molar-refractivity contribution >= 4 is 6.29 Å². The van der Waals surface area contributed by atoms with E-state index in [1.807, 2.05) is 44.2 Å². The first-order valence-electron chi connectivity index (χ1n) is 4.68. The Hall–Kier alpha value is -1.15. The molecule has 14 heavy (non-hydrogen) atoms. The van der Waals surface area contributed by atoms with Gasteiger partial charge in [0.15, 0.2) is 0 Å². The molecule has 78 valence electrons. The standard InChI is InChI=1S/C8H10O.C4H8O/c1-9-7-8-5-3-2-4-6-8;1-4(2)3-5/h2-6H,7H2,1H3;3-4H,1-2H3. The van der Waals surface area contributed by atoms with Gasteiger partial charge >= 0.3 is 0 Å². The van der Waals surface area contributed by atoms with Gasteiger partial charge in [0.05, 0.1) is 6.61 Å². The van der Waals surface area contributed by atoms with Crippen molar-refractivity contribution in [3.63, 3.8) is 0 Å². The number of benzene rings is 1. The minimum atomic E-state index is 0.204. The van der Waals surface area contributed by atoms with Gasteiger partial charge < -0.3 is 9.53 Å². The molecule has 0 N–H and O–H groups in total. The van der Waals surface area contributed by atoms with Gasteiger partial charge in [0.1, 0.15) is 6.29 Å². The van der Waals surface area contributed by atoms with Crippen molar-refractivity contribution in [2.75, 3.05) is 7.11 Å². The molecule has 1 aromatic rings. The molecule has 0 aliphatic carbocycles. The van der Waals surface area contributed by atoms with Gasteiger partial charge in [-0.2, -0.15) is 0 Å². The van der Waals surface area contributed by atoms with E-state index in [1.54, 1.807) is 7.11 Å². The molecule has 1 aromatic carbocycles. The van der Waals surface area contributed by atoms with Crippen molar-refractivity contribution < 1.29 is 9.53 Å². The Morgan fingerprint density at radius 2 is 1.79 bits per heavy atom. The summed E-state index contributed by atoms with van der Waals surface area (Å²) < 4.78 is 4.93. The molecule has 0 unspecified atom stereocenters. The summed E-state index contributed by atoms with van der Waals surface area (Å²) in [5.41, 5.74) is 1.22. The molecule has 0 bridgehead atoms. The largest absolute Gasteiger partial charge is 0.380 e. The average Bonchev–Trinajstić information content (AvgIpc) is 2.21. The minimum Gasteiger partial charge on any atom is -0.380 e. The Balaban J connectivity index is 0.000000292. The number of aldehydes is 1. The van der Waals surface area contributed by atoms with Crippen LogP contribution in [-0.2, 0) is 16.1 Å². The van der Waals surface area contributed by atoms with Gasteiger partial charge in [-0.15, -0.1) is 0 Å². The van der Waals surface area contributed by atoms with E-state index in [0.29, 0.717) is 6.61 Å². The third-order valence-electron chi connectivity index (χ3n) is 1.43. The van der Waals surface area contributed by atoms with Crippen LogP contribution in [0.25, 0.3) is 0 Å². The second-order valence-corrected chi connectivity index (χ2v) is 3.30. The van der Waals surface area contributed by atoms with Crippen LogP contribution >= 0.6 is 0 Å². The lowest BCUT2D eigenvalue weighted by Crippen LogP contribution is -1.84. The molecule has 0 aliphatic heterocycles. The second kappa shape index (κ2) is 8.45. The number of methoxy groups -OCH3 is 1. The summed E-state index contributed by atoms with van der Waals surface area (Å²) in [6, 6.07) is 10.1. The molecule has 0 saturated heterocycles. The highest BCUT2D eigenvalue weighted by molar-refractivity contribution is 5.51. The lowest BCUT2D eigenvalue weighted by Gasteiger charge is -1.95. The van der Waals surface area contributed by atoms with E-state index in [0.717, 1.165) is 6.29 Å². The van der Waals surface area contributed by atoms with Crippen LogP contribution in [0.3, 0.4) is 0 Å². The molecule has 0 aliphatic rings. The molecule has 0 spiro atoms. The summed E-state index contributed by atoms with van der Waals surface area (Å²) in [6.07, 6.45) is 0.917. The maximum Gasteiger partial charge on any atom is 0.122 e. The summed E-state index contributed by atoms with van der Waals surface area (Å²) in [5, 5.41) is 0. The lowest BCUT2D eigenvalue weighted by molar-refractivity contribution is -0.110. The Morgan fingerprint density at radius 3 is 2.14 bits per heavy atom. The third-order valence-corrected chi connectivity index (χ3v) is 1.43. The van der Waals surface area contributed by atoms with E-state index in [1.165, 1.54) is 5.56 Å². The Bertz CT molecular complexity index is 229. The molecule has 2 heteroatoms. The number of hydrogen-bond acceptors (Lipinski definition) is 2. The summed E-state index contributed by atoms with van der Waals surface area (Å²) in [6.45, 7) is 4.42. The van der Waals surface area contributed by atoms with Gasteiger partial charge in [-0.25, -0.2) is 0 Å². The maximum atomic E-state index is 9.50. The highest BCUT2D eigenvalue weighted by Gasteiger charge is 1.84. The second-order valence-electron chi connectivity index (χ2n) is 3.30. The van der Waals surface area contributed by atoms with Gasteiger partial charge in [0.25, 0.3) is 0 Å². The molecule has 0 amide bonds. The smallest absolute Gasteiger partial charge is 0.122 e. The monoisotopic (exact) mass is 194 g/mol. The van der Waals surface area contributed by atoms with Crippen LogP contribution in [0, 0.1) is 5.92 Å². The molecule has 0 fully saturated rings. The Labute approximate surface area is 85.9 Å². The van der Waals surface area contributed by atoms with Crippen molar-refractivity contribution in [2.45, 2.75) is 20.5 Å². The van der Waals surface area contributed by atoms with E-state index in [2.05, 4.69) is 0 Å².